The van der Waals surface area contributed by atoms with Crippen LogP contribution >= 0.6 is 0 Å². The van der Waals surface area contributed by atoms with Gasteiger partial charge in [-0.2, -0.15) is 0 Å². The first-order chi connectivity index (χ1) is 11.5. The number of imidazole rings is 1. The van der Waals surface area contributed by atoms with Gasteiger partial charge in [0.05, 0.1) is 23.7 Å². The van der Waals surface area contributed by atoms with Crippen LogP contribution in [0.3, 0.4) is 0 Å². The summed E-state index contributed by atoms with van der Waals surface area (Å²) in [6.07, 6.45) is 3.72. The van der Waals surface area contributed by atoms with Gasteiger partial charge in [-0.25, -0.2) is 18.1 Å². The summed E-state index contributed by atoms with van der Waals surface area (Å²) in [5.74, 6) is 0.646. The minimum atomic E-state index is -3.59. The minimum Gasteiger partial charge on any atom is -0.494 e. The summed E-state index contributed by atoms with van der Waals surface area (Å²) in [5.41, 5.74) is 2.56. The summed E-state index contributed by atoms with van der Waals surface area (Å²) in [6, 6.07) is 10.3. The highest BCUT2D eigenvalue weighted by atomic mass is 32.2. The molecule has 0 amide bonds. The topological polar surface area (TPSA) is 72.7 Å². The molecular weight excluding hydrogens is 326 g/mol. The molecule has 0 aliphatic rings. The van der Waals surface area contributed by atoms with Crippen LogP contribution < -0.4 is 9.46 Å². The normalized spacial score (nSPS) is 11.8. The van der Waals surface area contributed by atoms with E-state index in [0.717, 1.165) is 11.2 Å². The van der Waals surface area contributed by atoms with E-state index < -0.39 is 10.0 Å². The van der Waals surface area contributed by atoms with E-state index in [4.69, 9.17) is 4.74 Å². The van der Waals surface area contributed by atoms with Crippen molar-refractivity contribution in [3.05, 3.63) is 60.0 Å². The Bertz CT molecular complexity index is 947. The number of sulfonamides is 1. The fourth-order valence-corrected chi connectivity index (χ4v) is 3.35. The van der Waals surface area contributed by atoms with Gasteiger partial charge in [0.2, 0.25) is 10.0 Å². The van der Waals surface area contributed by atoms with E-state index in [0.29, 0.717) is 18.1 Å². The molecule has 0 aliphatic carbocycles. The Balaban J connectivity index is 1.73. The van der Waals surface area contributed by atoms with Crippen molar-refractivity contribution in [1.29, 1.82) is 0 Å². The van der Waals surface area contributed by atoms with E-state index in [1.807, 2.05) is 42.8 Å². The predicted molar refractivity (Wildman–Crippen MR) is 91.6 cm³/mol. The molecule has 0 saturated heterocycles. The fourth-order valence-electron chi connectivity index (χ4n) is 2.36. The molecule has 2 heterocycles. The second-order valence-electron chi connectivity index (χ2n) is 5.43. The number of nitrogens with zero attached hydrogens (tertiary/aromatic N) is 2. The van der Waals surface area contributed by atoms with Crippen LogP contribution in [-0.4, -0.2) is 24.4 Å². The minimum absolute atomic E-state index is 0.135. The second kappa shape index (κ2) is 6.62. The molecule has 24 heavy (non-hydrogen) atoms. The number of aryl methyl sites for hydroxylation is 1. The number of aromatic nitrogens is 2. The molecule has 1 aromatic carbocycles. The highest BCUT2D eigenvalue weighted by Gasteiger charge is 2.14. The fraction of sp³-hybridized carbons (Fsp3) is 0.235. The lowest BCUT2D eigenvalue weighted by Crippen LogP contribution is -2.23. The third kappa shape index (κ3) is 3.58. The molecule has 0 unspecified atom stereocenters. The number of benzene rings is 1. The quantitative estimate of drug-likeness (QED) is 0.745. The van der Waals surface area contributed by atoms with Crippen LogP contribution in [0, 0.1) is 6.92 Å². The van der Waals surface area contributed by atoms with Crippen LogP contribution in [0.2, 0.25) is 0 Å². The van der Waals surface area contributed by atoms with E-state index in [2.05, 4.69) is 9.71 Å². The Morgan fingerprint density at radius 2 is 1.96 bits per heavy atom. The Morgan fingerprint density at radius 1 is 1.21 bits per heavy atom. The molecule has 1 N–H and O–H groups in total. The van der Waals surface area contributed by atoms with Gasteiger partial charge in [0.25, 0.3) is 0 Å². The molecule has 0 fully saturated rings. The average Bonchev–Trinajstić information content (AvgIpc) is 2.96. The Labute approximate surface area is 141 Å². The van der Waals surface area contributed by atoms with Crippen molar-refractivity contribution in [2.45, 2.75) is 25.3 Å². The molecular formula is C17H19N3O3S. The van der Waals surface area contributed by atoms with E-state index in [-0.39, 0.29) is 11.4 Å². The number of hydrogen-bond acceptors (Lipinski definition) is 4. The van der Waals surface area contributed by atoms with Crippen LogP contribution in [0.25, 0.3) is 5.65 Å². The molecule has 0 saturated carbocycles. The Hall–Kier alpha value is -2.38. The van der Waals surface area contributed by atoms with Gasteiger partial charge >= 0.3 is 0 Å². The molecule has 0 bridgehead atoms. The summed E-state index contributed by atoms with van der Waals surface area (Å²) in [7, 11) is -3.59. The zero-order valence-corrected chi connectivity index (χ0v) is 14.4. The van der Waals surface area contributed by atoms with Crippen molar-refractivity contribution in [3.63, 3.8) is 0 Å². The van der Waals surface area contributed by atoms with Gasteiger partial charge in [-0.05, 0) is 55.8 Å². The summed E-state index contributed by atoms with van der Waals surface area (Å²) >= 11 is 0. The van der Waals surface area contributed by atoms with Gasteiger partial charge in [0, 0.05) is 12.4 Å². The number of pyridine rings is 1. The summed E-state index contributed by atoms with van der Waals surface area (Å²) in [6.45, 7) is 4.54. The molecule has 0 aliphatic heterocycles. The van der Waals surface area contributed by atoms with Crippen molar-refractivity contribution in [2.24, 2.45) is 0 Å². The van der Waals surface area contributed by atoms with Gasteiger partial charge in [-0.15, -0.1) is 0 Å². The van der Waals surface area contributed by atoms with Crippen LogP contribution in [0.4, 0.5) is 0 Å². The van der Waals surface area contributed by atoms with Gasteiger partial charge in [-0.3, -0.25) is 0 Å². The zero-order chi connectivity index (χ0) is 17.2. The summed E-state index contributed by atoms with van der Waals surface area (Å²) in [5, 5.41) is 0. The third-order valence-electron chi connectivity index (χ3n) is 3.55. The van der Waals surface area contributed by atoms with Gasteiger partial charge in [0.1, 0.15) is 11.4 Å². The second-order valence-corrected chi connectivity index (χ2v) is 7.20. The Morgan fingerprint density at radius 3 is 2.67 bits per heavy atom. The lowest BCUT2D eigenvalue weighted by Gasteiger charge is -2.07. The molecule has 2 aromatic heterocycles. The molecule has 0 spiro atoms. The summed E-state index contributed by atoms with van der Waals surface area (Å²) < 4.78 is 34.5. The Kier molecular flexibility index (Phi) is 4.55. The molecule has 126 valence electrons. The first-order valence-corrected chi connectivity index (χ1v) is 9.13. The SMILES string of the molecule is CCOc1ccc(S(=O)(=O)NCc2cn3ccc(C)cc3n2)cc1. The van der Waals surface area contributed by atoms with Crippen LogP contribution in [-0.2, 0) is 16.6 Å². The molecule has 0 atom stereocenters. The van der Waals surface area contributed by atoms with Crippen molar-refractivity contribution < 1.29 is 13.2 Å². The molecule has 6 nitrogen and oxygen atoms in total. The lowest BCUT2D eigenvalue weighted by molar-refractivity contribution is 0.340. The first-order valence-electron chi connectivity index (χ1n) is 7.65. The highest BCUT2D eigenvalue weighted by Crippen LogP contribution is 2.16. The smallest absolute Gasteiger partial charge is 0.240 e. The van der Waals surface area contributed by atoms with Crippen molar-refractivity contribution in [1.82, 2.24) is 14.1 Å². The van der Waals surface area contributed by atoms with E-state index in [1.54, 1.807) is 12.1 Å². The average molecular weight is 345 g/mol. The van der Waals surface area contributed by atoms with Gasteiger partial charge < -0.3 is 9.14 Å². The van der Waals surface area contributed by atoms with Crippen molar-refractivity contribution in [3.8, 4) is 5.75 Å². The maximum Gasteiger partial charge on any atom is 0.240 e. The van der Waals surface area contributed by atoms with Crippen molar-refractivity contribution >= 4 is 15.7 Å². The molecule has 0 radical (unpaired) electrons. The highest BCUT2D eigenvalue weighted by molar-refractivity contribution is 7.89. The largest absolute Gasteiger partial charge is 0.494 e. The van der Waals surface area contributed by atoms with Crippen LogP contribution in [0.1, 0.15) is 18.2 Å². The molecule has 3 rings (SSSR count). The van der Waals surface area contributed by atoms with Crippen LogP contribution in [0.5, 0.6) is 5.75 Å². The van der Waals surface area contributed by atoms with E-state index in [9.17, 15) is 8.42 Å². The van der Waals surface area contributed by atoms with Crippen LogP contribution in [0.15, 0.2) is 53.7 Å². The van der Waals surface area contributed by atoms with E-state index >= 15 is 0 Å². The first kappa shape index (κ1) is 16.5. The maximum atomic E-state index is 12.4. The maximum absolute atomic E-state index is 12.4. The van der Waals surface area contributed by atoms with Gasteiger partial charge in [0.15, 0.2) is 0 Å². The number of fused-ring (bicyclic) bond motifs is 1. The lowest BCUT2D eigenvalue weighted by atomic mass is 10.3. The molecule has 3 aromatic rings. The number of nitrogens with one attached hydrogen (secondary N) is 1. The van der Waals surface area contributed by atoms with Gasteiger partial charge in [-0.1, -0.05) is 0 Å². The number of rotatable bonds is 6. The monoisotopic (exact) mass is 345 g/mol. The third-order valence-corrected chi connectivity index (χ3v) is 4.97. The predicted octanol–water partition coefficient (Wildman–Crippen LogP) is 2.52. The summed E-state index contributed by atoms with van der Waals surface area (Å²) in [4.78, 5) is 4.62. The number of ether oxygens (including phenoxy) is 1. The number of hydrogen-bond donors (Lipinski definition) is 1. The molecule has 7 heteroatoms. The van der Waals surface area contributed by atoms with E-state index in [1.165, 1.54) is 12.1 Å². The zero-order valence-electron chi connectivity index (χ0n) is 13.6. The standard InChI is InChI=1S/C17H19N3O3S/c1-3-23-15-4-6-16(7-5-15)24(21,22)18-11-14-12-20-9-8-13(2)10-17(20)19-14/h4-10,12,18H,3,11H2,1-2H3. The van der Waals surface area contributed by atoms with Crippen molar-refractivity contribution in [2.75, 3.05) is 6.61 Å².